The van der Waals surface area contributed by atoms with E-state index in [4.69, 9.17) is 32.9 Å². The number of hydrogen-bond acceptors (Lipinski definition) is 5. The van der Waals surface area contributed by atoms with Crippen molar-refractivity contribution in [2.45, 2.75) is 45.3 Å². The lowest BCUT2D eigenvalue weighted by Crippen LogP contribution is -2.39. The third-order valence-electron chi connectivity index (χ3n) is 7.27. The third kappa shape index (κ3) is 8.06. The van der Waals surface area contributed by atoms with E-state index in [1.165, 1.54) is 30.5 Å². The molecule has 1 saturated heterocycles. The first kappa shape index (κ1) is 34.8. The molecule has 3 rings (SSSR count). The van der Waals surface area contributed by atoms with Crippen LogP contribution in [0.25, 0.3) is 0 Å². The number of nitrogens with zero attached hydrogens (tertiary/aromatic N) is 3. The van der Waals surface area contributed by atoms with Gasteiger partial charge in [-0.15, -0.1) is 0 Å². The van der Waals surface area contributed by atoms with Gasteiger partial charge in [0.05, 0.1) is 36.6 Å². The second-order valence-electron chi connectivity index (χ2n) is 11.8. The van der Waals surface area contributed by atoms with Crippen LogP contribution in [0.3, 0.4) is 0 Å². The van der Waals surface area contributed by atoms with Crippen molar-refractivity contribution in [3.63, 3.8) is 0 Å². The molecule has 0 unspecified atom stereocenters. The Labute approximate surface area is 267 Å². The molecule has 1 amide bonds. The summed E-state index contributed by atoms with van der Waals surface area (Å²) in [6.45, 7) is 6.15. The number of aliphatic imine (C=N–C) groups is 1. The molecule has 2 aromatic rings. The Bertz CT molecular complexity index is 1510. The fourth-order valence-electron chi connectivity index (χ4n) is 5.28. The van der Waals surface area contributed by atoms with Gasteiger partial charge in [0.1, 0.15) is 23.1 Å². The van der Waals surface area contributed by atoms with E-state index in [2.05, 4.69) is 16.7 Å². The lowest BCUT2D eigenvalue weighted by molar-refractivity contribution is 0.0827. The molecule has 44 heavy (non-hydrogen) atoms. The number of nitrogens with one attached hydrogen (secondary N) is 2. The molecule has 0 bridgehead atoms. The van der Waals surface area contributed by atoms with Crippen LogP contribution in [0.15, 0.2) is 77.1 Å². The number of carbonyl (C=O) groups is 1. The Morgan fingerprint density at radius 1 is 1.30 bits per heavy atom. The van der Waals surface area contributed by atoms with Gasteiger partial charge >= 0.3 is 0 Å². The highest BCUT2D eigenvalue weighted by Gasteiger charge is 2.56. The van der Waals surface area contributed by atoms with Crippen molar-refractivity contribution in [2.24, 2.45) is 15.8 Å². The van der Waals surface area contributed by atoms with Gasteiger partial charge in [-0.1, -0.05) is 68.3 Å². The van der Waals surface area contributed by atoms with Gasteiger partial charge in [0.25, 0.3) is 5.91 Å². The third-order valence-corrected chi connectivity index (χ3v) is 7.81. The number of nitriles is 1. The predicted molar refractivity (Wildman–Crippen MR) is 173 cm³/mol. The van der Waals surface area contributed by atoms with Crippen molar-refractivity contribution in [1.82, 2.24) is 10.2 Å². The van der Waals surface area contributed by atoms with Gasteiger partial charge in [0, 0.05) is 36.7 Å². The topological polar surface area (TPSA) is 89.8 Å². The Hall–Kier alpha value is -3.71. The normalized spacial score (nSPS) is 22.6. The summed E-state index contributed by atoms with van der Waals surface area (Å²) in [6, 6.07) is 11.7. The highest BCUT2D eigenvalue weighted by atomic mass is 35.5. The summed E-state index contributed by atoms with van der Waals surface area (Å²) < 4.78 is 33.8. The molecule has 7 nitrogen and oxygen atoms in total. The summed E-state index contributed by atoms with van der Waals surface area (Å²) in [5.74, 6) is -1.21. The Balaban J connectivity index is 2.12. The largest absolute Gasteiger partial charge is 0.495 e. The van der Waals surface area contributed by atoms with Crippen LogP contribution in [0.2, 0.25) is 5.02 Å². The molecule has 1 aliphatic rings. The van der Waals surface area contributed by atoms with Crippen molar-refractivity contribution in [1.29, 1.82) is 5.26 Å². The number of allylic oxidation sites excluding steroid dienone is 4. The molecule has 0 saturated carbocycles. The molecule has 1 aliphatic heterocycles. The first-order valence-electron chi connectivity index (χ1n) is 13.9. The van der Waals surface area contributed by atoms with Crippen LogP contribution in [-0.4, -0.2) is 50.6 Å². The second-order valence-corrected chi connectivity index (χ2v) is 12.7. The summed E-state index contributed by atoms with van der Waals surface area (Å²) in [5, 5.41) is 17.4. The van der Waals surface area contributed by atoms with Crippen molar-refractivity contribution in [2.75, 3.05) is 26.5 Å². The fraction of sp³-hybridized carbons (Fsp3) is 0.364. The van der Waals surface area contributed by atoms with Crippen LogP contribution < -0.4 is 15.4 Å². The molecule has 1 fully saturated rings. The number of anilines is 1. The smallest absolute Gasteiger partial charge is 0.253 e. The van der Waals surface area contributed by atoms with E-state index in [0.29, 0.717) is 29.8 Å². The van der Waals surface area contributed by atoms with E-state index in [1.807, 2.05) is 20.8 Å². The van der Waals surface area contributed by atoms with Crippen LogP contribution in [-0.2, 0) is 0 Å². The van der Waals surface area contributed by atoms with Gasteiger partial charge in [-0.05, 0) is 53.8 Å². The van der Waals surface area contributed by atoms with Crippen molar-refractivity contribution < 1.29 is 18.3 Å². The molecule has 0 radical (unpaired) electrons. The summed E-state index contributed by atoms with van der Waals surface area (Å²) in [7, 11) is 4.82. The monoisotopic (exact) mass is 643 g/mol. The number of hydrogen-bond donors (Lipinski definition) is 2. The van der Waals surface area contributed by atoms with Gasteiger partial charge in [-0.3, -0.25) is 15.1 Å². The maximum absolute atomic E-state index is 15.7. The molecule has 0 aromatic heterocycles. The van der Waals surface area contributed by atoms with Gasteiger partial charge in [-0.25, -0.2) is 8.78 Å². The minimum Gasteiger partial charge on any atom is -0.495 e. The zero-order chi connectivity index (χ0) is 32.7. The number of ether oxygens (including phenoxy) is 1. The van der Waals surface area contributed by atoms with E-state index in [-0.39, 0.29) is 26.9 Å². The highest BCUT2D eigenvalue weighted by molar-refractivity contribution is 6.31. The SMILES string of the molecule is COc1cc(C(=O)N(C)C)ccc1NC=N[C@@H]1N[C@@H](CC(C)(C)C)[C@](C#N)(/C=C/C=C(Cl)\C=C\F)[C@H]1c1cccc(Cl)c1F. The number of halogens is 4. The van der Waals surface area contributed by atoms with Crippen LogP contribution in [0.5, 0.6) is 5.75 Å². The average Bonchev–Trinajstić information content (AvgIpc) is 3.25. The number of benzene rings is 2. The molecular weight excluding hydrogens is 607 g/mol. The number of carbonyl (C=O) groups excluding carboxylic acids is 1. The van der Waals surface area contributed by atoms with Crippen LogP contribution >= 0.6 is 23.2 Å². The van der Waals surface area contributed by atoms with Crippen LogP contribution in [0.4, 0.5) is 14.5 Å². The van der Waals surface area contributed by atoms with Gasteiger partial charge in [-0.2, -0.15) is 5.26 Å². The van der Waals surface area contributed by atoms with Gasteiger partial charge in [0.15, 0.2) is 0 Å². The molecule has 11 heteroatoms. The molecule has 4 atom stereocenters. The maximum Gasteiger partial charge on any atom is 0.253 e. The van der Waals surface area contributed by atoms with Crippen molar-refractivity contribution in [3.8, 4) is 11.8 Å². The fourth-order valence-corrected chi connectivity index (χ4v) is 5.59. The number of methoxy groups -OCH3 is 1. The molecule has 234 valence electrons. The molecular formula is C33H37Cl2F2N5O2. The van der Waals surface area contributed by atoms with E-state index < -0.39 is 29.4 Å². The van der Waals surface area contributed by atoms with Crippen LogP contribution in [0.1, 0.15) is 49.0 Å². The summed E-state index contributed by atoms with van der Waals surface area (Å²) >= 11 is 12.3. The first-order chi connectivity index (χ1) is 20.8. The Morgan fingerprint density at radius 3 is 2.64 bits per heavy atom. The zero-order valence-electron chi connectivity index (χ0n) is 25.5. The van der Waals surface area contributed by atoms with E-state index in [1.54, 1.807) is 56.6 Å². The quantitative estimate of drug-likeness (QED) is 0.156. The molecule has 0 spiro atoms. The molecule has 2 aromatic carbocycles. The second kappa shape index (κ2) is 14.8. The summed E-state index contributed by atoms with van der Waals surface area (Å²) in [5.41, 5.74) is -0.299. The highest BCUT2D eigenvalue weighted by Crippen LogP contribution is 2.51. The van der Waals surface area contributed by atoms with Gasteiger partial charge in [0.2, 0.25) is 0 Å². The van der Waals surface area contributed by atoms with E-state index in [9.17, 15) is 14.4 Å². The maximum atomic E-state index is 15.7. The van der Waals surface area contributed by atoms with Gasteiger partial charge < -0.3 is 15.0 Å². The lowest BCUT2D eigenvalue weighted by atomic mass is 9.67. The Morgan fingerprint density at radius 2 is 2.02 bits per heavy atom. The summed E-state index contributed by atoms with van der Waals surface area (Å²) in [4.78, 5) is 18.6. The average molecular weight is 645 g/mol. The van der Waals surface area contributed by atoms with Crippen molar-refractivity contribution in [3.05, 3.63) is 94.0 Å². The minimum atomic E-state index is -1.31. The molecule has 2 N–H and O–H groups in total. The van der Waals surface area contributed by atoms with E-state index in [0.717, 1.165) is 6.08 Å². The standard InChI is InChI=1S/C33H37Cl2F2N5O2/c1-32(2,3)18-27-33(19-38,15-8-9-22(34)14-16-36)28(23-10-7-11-24(35)29(23)37)30(41-27)40-20-39-25-13-12-21(17-26(25)44-6)31(43)42(4)5/h7-17,20,27-28,30,41H,18H2,1-6H3,(H,39,40)/b15-8+,16-14+,22-9+/t27-,28-,30+,33+/m0/s1. The number of amides is 1. The molecule has 1 heterocycles. The molecule has 0 aliphatic carbocycles. The summed E-state index contributed by atoms with van der Waals surface area (Å²) in [6.07, 6.45) is 7.33. The van der Waals surface area contributed by atoms with Crippen molar-refractivity contribution >= 4 is 41.1 Å². The zero-order valence-corrected chi connectivity index (χ0v) is 27.0. The first-order valence-corrected chi connectivity index (χ1v) is 14.6. The lowest BCUT2D eigenvalue weighted by Gasteiger charge is -2.34. The minimum absolute atomic E-state index is 0.0773. The Kier molecular flexibility index (Phi) is 11.7. The van der Waals surface area contributed by atoms with Crippen LogP contribution in [0, 0.1) is 28.0 Å². The number of rotatable bonds is 10. The predicted octanol–water partition coefficient (Wildman–Crippen LogP) is 7.82. The van der Waals surface area contributed by atoms with E-state index >= 15 is 4.39 Å².